The predicted octanol–water partition coefficient (Wildman–Crippen LogP) is 0.962. The van der Waals surface area contributed by atoms with Gasteiger partial charge in [0.2, 0.25) is 0 Å². The first-order valence-corrected chi connectivity index (χ1v) is 8.51. The van der Waals surface area contributed by atoms with Crippen molar-refractivity contribution >= 4 is 11.9 Å². The lowest BCUT2D eigenvalue weighted by Gasteiger charge is -2.46. The molecule has 3 N–H and O–H groups in total. The van der Waals surface area contributed by atoms with Gasteiger partial charge in [0.25, 0.3) is 0 Å². The molecular formula is C16H25FN2O4. The topological polar surface area (TPSA) is 89.9 Å². The maximum Gasteiger partial charge on any atom is 0.320 e. The van der Waals surface area contributed by atoms with Crippen molar-refractivity contribution in [1.29, 1.82) is 0 Å². The molecule has 0 aromatic heterocycles. The quantitative estimate of drug-likeness (QED) is 0.715. The lowest BCUT2D eigenvalue weighted by atomic mass is 9.71. The molecule has 0 amide bonds. The van der Waals surface area contributed by atoms with Crippen LogP contribution in [0.5, 0.6) is 0 Å². The summed E-state index contributed by atoms with van der Waals surface area (Å²) in [6.07, 6.45) is 2.44. The highest BCUT2D eigenvalue weighted by atomic mass is 19.1. The van der Waals surface area contributed by atoms with Crippen LogP contribution in [0.4, 0.5) is 4.39 Å². The van der Waals surface area contributed by atoms with Gasteiger partial charge in [-0.3, -0.25) is 14.5 Å². The second-order valence-corrected chi connectivity index (χ2v) is 7.34. The Balaban J connectivity index is 1.63. The molecule has 7 heteroatoms. The summed E-state index contributed by atoms with van der Waals surface area (Å²) in [6.45, 7) is 1.46. The van der Waals surface area contributed by atoms with Crippen LogP contribution in [0.1, 0.15) is 32.1 Å². The van der Waals surface area contributed by atoms with Crippen molar-refractivity contribution in [2.45, 2.75) is 50.4 Å². The van der Waals surface area contributed by atoms with Gasteiger partial charge in [0.05, 0.1) is 5.92 Å². The SMILES string of the molecule is O=C(O)[C@H]1C[C@H](F)CN([C@H]2CC[C@H]3CN[C@H](C(=O)O)C[C@H]3C2)C1. The van der Waals surface area contributed by atoms with E-state index >= 15 is 0 Å². The largest absolute Gasteiger partial charge is 0.481 e. The number of carboxylic acids is 2. The van der Waals surface area contributed by atoms with Crippen molar-refractivity contribution in [3.05, 3.63) is 0 Å². The fraction of sp³-hybridized carbons (Fsp3) is 0.875. The van der Waals surface area contributed by atoms with Gasteiger partial charge < -0.3 is 15.5 Å². The number of nitrogens with zero attached hydrogens (tertiary/aromatic N) is 1. The first-order valence-electron chi connectivity index (χ1n) is 8.51. The number of likely N-dealkylation sites (tertiary alicyclic amines) is 1. The number of carbonyl (C=O) groups is 2. The van der Waals surface area contributed by atoms with Gasteiger partial charge >= 0.3 is 11.9 Å². The Morgan fingerprint density at radius 1 is 1.00 bits per heavy atom. The molecule has 23 heavy (non-hydrogen) atoms. The van der Waals surface area contributed by atoms with Gasteiger partial charge in [0.1, 0.15) is 12.2 Å². The summed E-state index contributed by atoms with van der Waals surface area (Å²) in [6, 6.07) is -0.304. The van der Waals surface area contributed by atoms with Crippen molar-refractivity contribution < 1.29 is 24.2 Å². The molecule has 1 saturated carbocycles. The van der Waals surface area contributed by atoms with Crippen molar-refractivity contribution in [1.82, 2.24) is 10.2 Å². The van der Waals surface area contributed by atoms with Crippen molar-refractivity contribution in [3.8, 4) is 0 Å². The fourth-order valence-electron chi connectivity index (χ4n) is 4.61. The smallest absolute Gasteiger partial charge is 0.320 e. The molecular weight excluding hydrogens is 303 g/mol. The molecule has 0 aromatic carbocycles. The lowest BCUT2D eigenvalue weighted by molar-refractivity contribution is -0.146. The van der Waals surface area contributed by atoms with Crippen LogP contribution in [0.2, 0.25) is 0 Å². The van der Waals surface area contributed by atoms with E-state index in [4.69, 9.17) is 0 Å². The molecule has 6 nitrogen and oxygen atoms in total. The predicted molar refractivity (Wildman–Crippen MR) is 80.9 cm³/mol. The van der Waals surface area contributed by atoms with Gasteiger partial charge in [-0.2, -0.15) is 0 Å². The first kappa shape index (κ1) is 16.6. The Bertz CT molecular complexity index is 475. The maximum atomic E-state index is 13.9. The zero-order valence-electron chi connectivity index (χ0n) is 13.2. The Morgan fingerprint density at radius 3 is 2.48 bits per heavy atom. The Labute approximate surface area is 135 Å². The van der Waals surface area contributed by atoms with Gasteiger partial charge in [-0.05, 0) is 50.5 Å². The number of hydrogen-bond acceptors (Lipinski definition) is 4. The molecule has 3 fully saturated rings. The molecule has 3 rings (SSSR count). The number of piperidine rings is 2. The molecule has 0 spiro atoms. The van der Waals surface area contributed by atoms with Gasteiger partial charge in [0, 0.05) is 19.1 Å². The monoisotopic (exact) mass is 328 g/mol. The zero-order chi connectivity index (χ0) is 16.6. The van der Waals surface area contributed by atoms with Gasteiger partial charge in [0.15, 0.2) is 0 Å². The number of rotatable bonds is 3. The average Bonchev–Trinajstić information content (AvgIpc) is 2.53. The van der Waals surface area contributed by atoms with Gasteiger partial charge in [-0.1, -0.05) is 0 Å². The molecule has 2 saturated heterocycles. The number of fused-ring (bicyclic) bond motifs is 1. The number of hydrogen-bond donors (Lipinski definition) is 3. The first-order chi connectivity index (χ1) is 10.9. The van der Waals surface area contributed by atoms with E-state index in [1.54, 1.807) is 0 Å². The van der Waals surface area contributed by atoms with E-state index < -0.39 is 30.1 Å². The summed E-state index contributed by atoms with van der Waals surface area (Å²) in [4.78, 5) is 24.4. The van der Waals surface area contributed by atoms with E-state index in [-0.39, 0.29) is 12.5 Å². The average molecular weight is 328 g/mol. The number of aliphatic carboxylic acids is 2. The van der Waals surface area contributed by atoms with Crippen LogP contribution in [0.3, 0.4) is 0 Å². The lowest BCUT2D eigenvalue weighted by Crippen LogP contribution is -2.54. The molecule has 2 heterocycles. The summed E-state index contributed by atoms with van der Waals surface area (Å²) in [5.74, 6) is -1.53. The van der Waals surface area contributed by atoms with Crippen LogP contribution in [0.25, 0.3) is 0 Å². The molecule has 0 aromatic rings. The highest BCUT2D eigenvalue weighted by Gasteiger charge is 2.41. The summed E-state index contributed by atoms with van der Waals surface area (Å²) in [7, 11) is 0. The number of alkyl halides is 1. The Morgan fingerprint density at radius 2 is 1.78 bits per heavy atom. The van der Waals surface area contributed by atoms with Gasteiger partial charge in [-0.25, -0.2) is 4.39 Å². The molecule has 130 valence electrons. The number of nitrogens with one attached hydrogen (secondary N) is 1. The summed E-state index contributed by atoms with van der Waals surface area (Å²) in [5, 5.41) is 21.5. The number of carboxylic acid groups (broad SMARTS) is 2. The summed E-state index contributed by atoms with van der Waals surface area (Å²) >= 11 is 0. The summed E-state index contributed by atoms with van der Waals surface area (Å²) < 4.78 is 13.9. The normalized spacial score (nSPS) is 42.0. The molecule has 6 atom stereocenters. The fourth-order valence-corrected chi connectivity index (χ4v) is 4.61. The van der Waals surface area contributed by atoms with Crippen LogP contribution < -0.4 is 5.32 Å². The van der Waals surface area contributed by atoms with Gasteiger partial charge in [-0.15, -0.1) is 0 Å². The second-order valence-electron chi connectivity index (χ2n) is 7.34. The van der Waals surface area contributed by atoms with E-state index in [0.29, 0.717) is 31.3 Å². The molecule has 3 aliphatic rings. The Kier molecular flexibility index (Phi) is 4.87. The summed E-state index contributed by atoms with van der Waals surface area (Å²) in [5.41, 5.74) is 0. The molecule has 0 radical (unpaired) electrons. The minimum Gasteiger partial charge on any atom is -0.481 e. The minimum atomic E-state index is -1.08. The minimum absolute atomic E-state index is 0.107. The molecule has 0 bridgehead atoms. The van der Waals surface area contributed by atoms with Crippen molar-refractivity contribution in [2.75, 3.05) is 19.6 Å². The third-order valence-corrected chi connectivity index (χ3v) is 5.87. The zero-order valence-corrected chi connectivity index (χ0v) is 13.2. The van der Waals surface area contributed by atoms with E-state index in [1.165, 1.54) is 0 Å². The van der Waals surface area contributed by atoms with Crippen LogP contribution in [0, 0.1) is 17.8 Å². The number of halogens is 1. The third kappa shape index (κ3) is 3.66. The second kappa shape index (κ2) is 6.73. The molecule has 2 aliphatic heterocycles. The molecule has 0 unspecified atom stereocenters. The third-order valence-electron chi connectivity index (χ3n) is 5.87. The van der Waals surface area contributed by atoms with E-state index in [0.717, 1.165) is 25.8 Å². The maximum absolute atomic E-state index is 13.9. The van der Waals surface area contributed by atoms with Crippen molar-refractivity contribution in [2.24, 2.45) is 17.8 Å². The Hall–Kier alpha value is -1.21. The van der Waals surface area contributed by atoms with Crippen molar-refractivity contribution in [3.63, 3.8) is 0 Å². The standard InChI is InChI=1S/C16H25FN2O4/c17-12-3-11(15(20)21)7-19(8-12)13-2-1-9-6-18-14(16(22)23)5-10(9)4-13/h9-14,18H,1-8H2,(H,20,21)(H,22,23)/t9-,10+,11-,12-,13-,14-/m0/s1. The van der Waals surface area contributed by atoms with Crippen LogP contribution >= 0.6 is 0 Å². The van der Waals surface area contributed by atoms with E-state index in [2.05, 4.69) is 5.32 Å². The van der Waals surface area contributed by atoms with Crippen LogP contribution in [-0.2, 0) is 9.59 Å². The highest BCUT2D eigenvalue weighted by Crippen LogP contribution is 2.38. The van der Waals surface area contributed by atoms with E-state index in [1.807, 2.05) is 4.90 Å². The van der Waals surface area contributed by atoms with E-state index in [9.17, 15) is 24.2 Å². The van der Waals surface area contributed by atoms with Crippen LogP contribution in [0.15, 0.2) is 0 Å². The van der Waals surface area contributed by atoms with Crippen LogP contribution in [-0.4, -0.2) is 64.9 Å². The highest BCUT2D eigenvalue weighted by molar-refractivity contribution is 5.73. The molecule has 1 aliphatic carbocycles.